The zero-order valence-electron chi connectivity index (χ0n) is 9.55. The van der Waals surface area contributed by atoms with E-state index in [2.05, 4.69) is 17.2 Å². The van der Waals surface area contributed by atoms with Crippen LogP contribution < -0.4 is 5.32 Å². The minimum atomic E-state index is 0.625. The second-order valence-electron chi connectivity index (χ2n) is 3.87. The van der Waals surface area contributed by atoms with Crippen LogP contribution in [0.25, 0.3) is 0 Å². The van der Waals surface area contributed by atoms with E-state index in [1.807, 2.05) is 12.1 Å². The Morgan fingerprint density at radius 2 is 2.19 bits per heavy atom. The number of hydrogen-bond donors (Lipinski definition) is 1. The van der Waals surface area contributed by atoms with Crippen LogP contribution in [0.2, 0.25) is 5.02 Å². The van der Waals surface area contributed by atoms with Crippen molar-refractivity contribution >= 4 is 29.0 Å². The van der Waals surface area contributed by atoms with Crippen LogP contribution in [0.5, 0.6) is 0 Å². The highest BCUT2D eigenvalue weighted by Crippen LogP contribution is 2.14. The molecule has 1 N–H and O–H groups in total. The molecule has 0 aliphatic carbocycles. The highest BCUT2D eigenvalue weighted by molar-refractivity contribution is 6.30. The second kappa shape index (κ2) is 7.75. The maximum atomic E-state index is 5.77. The lowest BCUT2D eigenvalue weighted by Gasteiger charge is -2.15. The minimum absolute atomic E-state index is 0.625. The van der Waals surface area contributed by atoms with Gasteiger partial charge in [0, 0.05) is 18.6 Å². The van der Waals surface area contributed by atoms with E-state index in [0.29, 0.717) is 10.9 Å². The van der Waals surface area contributed by atoms with Gasteiger partial charge in [-0.2, -0.15) is 0 Å². The summed E-state index contributed by atoms with van der Waals surface area (Å²) in [5.41, 5.74) is 0. The Bertz CT molecular complexity index is 282. The predicted molar refractivity (Wildman–Crippen MR) is 71.5 cm³/mol. The monoisotopic (exact) mass is 260 g/mol. The number of aromatic nitrogens is 1. The van der Waals surface area contributed by atoms with Gasteiger partial charge in [0.25, 0.3) is 0 Å². The van der Waals surface area contributed by atoms with Crippen molar-refractivity contribution in [3.8, 4) is 0 Å². The molecule has 0 saturated carbocycles. The lowest BCUT2D eigenvalue weighted by molar-refractivity contribution is 0.489. The third-order valence-corrected chi connectivity index (χ3v) is 2.96. The lowest BCUT2D eigenvalue weighted by Crippen LogP contribution is -2.15. The number of anilines is 1. The molecule has 0 fully saturated rings. The van der Waals surface area contributed by atoms with Crippen molar-refractivity contribution in [2.24, 2.45) is 5.92 Å². The van der Waals surface area contributed by atoms with Crippen molar-refractivity contribution in [2.75, 3.05) is 17.7 Å². The summed E-state index contributed by atoms with van der Waals surface area (Å²) in [6, 6.07) is 3.74. The summed E-state index contributed by atoms with van der Waals surface area (Å²) in [6.07, 6.45) is 5.10. The zero-order chi connectivity index (χ0) is 11.8. The molecule has 90 valence electrons. The first-order valence-electron chi connectivity index (χ1n) is 5.67. The Morgan fingerprint density at radius 1 is 1.38 bits per heavy atom. The Balaban J connectivity index is 2.38. The zero-order valence-corrected chi connectivity index (χ0v) is 11.1. The Hall–Kier alpha value is -0.470. The van der Waals surface area contributed by atoms with Crippen LogP contribution in [0.4, 0.5) is 5.82 Å². The molecule has 2 nitrogen and oxygen atoms in total. The van der Waals surface area contributed by atoms with E-state index in [9.17, 15) is 0 Å². The smallest absolute Gasteiger partial charge is 0.125 e. The van der Waals surface area contributed by atoms with Crippen LogP contribution in [0.15, 0.2) is 18.3 Å². The molecule has 1 aromatic heterocycles. The largest absolute Gasteiger partial charge is 0.370 e. The Kier molecular flexibility index (Phi) is 6.58. The highest BCUT2D eigenvalue weighted by atomic mass is 35.5. The number of hydrogen-bond acceptors (Lipinski definition) is 2. The van der Waals surface area contributed by atoms with Crippen molar-refractivity contribution in [1.29, 1.82) is 0 Å². The molecule has 1 rings (SSSR count). The molecule has 0 aliphatic heterocycles. The molecular formula is C12H18Cl2N2. The van der Waals surface area contributed by atoms with Gasteiger partial charge >= 0.3 is 0 Å². The van der Waals surface area contributed by atoms with E-state index in [-0.39, 0.29) is 0 Å². The summed E-state index contributed by atoms with van der Waals surface area (Å²) in [5, 5.41) is 3.98. The minimum Gasteiger partial charge on any atom is -0.370 e. The van der Waals surface area contributed by atoms with Crippen molar-refractivity contribution < 1.29 is 0 Å². The molecule has 1 heterocycles. The van der Waals surface area contributed by atoms with Gasteiger partial charge < -0.3 is 5.32 Å². The molecule has 0 radical (unpaired) electrons. The maximum Gasteiger partial charge on any atom is 0.125 e. The third kappa shape index (κ3) is 5.04. The van der Waals surface area contributed by atoms with Gasteiger partial charge in [-0.3, -0.25) is 0 Å². The standard InChI is InChI=1S/C12H18Cl2N2/c1-2-3-10(6-7-13)8-15-12-5-4-11(14)9-16-12/h4-5,9-10H,2-3,6-8H2,1H3,(H,15,16). The Morgan fingerprint density at radius 3 is 2.75 bits per heavy atom. The molecule has 1 atom stereocenters. The molecule has 0 saturated heterocycles. The van der Waals surface area contributed by atoms with E-state index in [4.69, 9.17) is 23.2 Å². The van der Waals surface area contributed by atoms with E-state index in [1.165, 1.54) is 12.8 Å². The third-order valence-electron chi connectivity index (χ3n) is 2.51. The molecule has 0 aromatic carbocycles. The normalized spacial score (nSPS) is 12.4. The van der Waals surface area contributed by atoms with E-state index >= 15 is 0 Å². The summed E-state index contributed by atoms with van der Waals surface area (Å²) in [6.45, 7) is 3.12. The maximum absolute atomic E-state index is 5.77. The van der Waals surface area contributed by atoms with Gasteiger partial charge in [-0.05, 0) is 30.9 Å². The molecule has 0 bridgehead atoms. The number of pyridine rings is 1. The summed E-state index contributed by atoms with van der Waals surface area (Å²) >= 11 is 11.5. The molecule has 1 unspecified atom stereocenters. The molecule has 1 aromatic rings. The van der Waals surface area contributed by atoms with Gasteiger partial charge in [0.2, 0.25) is 0 Å². The first-order valence-corrected chi connectivity index (χ1v) is 6.59. The molecule has 0 amide bonds. The molecule has 16 heavy (non-hydrogen) atoms. The number of nitrogens with one attached hydrogen (secondary N) is 1. The van der Waals surface area contributed by atoms with Gasteiger partial charge in [0.1, 0.15) is 5.82 Å². The number of nitrogens with zero attached hydrogens (tertiary/aromatic N) is 1. The summed E-state index contributed by atoms with van der Waals surface area (Å²) in [5.74, 6) is 2.22. The first kappa shape index (κ1) is 13.6. The Labute approximate surface area is 107 Å². The number of rotatable bonds is 7. The van der Waals surface area contributed by atoms with E-state index in [0.717, 1.165) is 24.7 Å². The highest BCUT2D eigenvalue weighted by Gasteiger charge is 2.06. The summed E-state index contributed by atoms with van der Waals surface area (Å²) in [4.78, 5) is 4.19. The van der Waals surface area contributed by atoms with Gasteiger partial charge in [-0.25, -0.2) is 4.98 Å². The van der Waals surface area contributed by atoms with E-state index < -0.39 is 0 Å². The predicted octanol–water partition coefficient (Wildman–Crippen LogP) is 4.19. The van der Waals surface area contributed by atoms with Crippen molar-refractivity contribution in [3.05, 3.63) is 23.4 Å². The van der Waals surface area contributed by atoms with Crippen LogP contribution in [0.3, 0.4) is 0 Å². The average molecular weight is 261 g/mol. The van der Waals surface area contributed by atoms with Gasteiger partial charge in [-0.15, -0.1) is 11.6 Å². The van der Waals surface area contributed by atoms with E-state index in [1.54, 1.807) is 6.20 Å². The lowest BCUT2D eigenvalue weighted by atomic mass is 10.0. The van der Waals surface area contributed by atoms with Crippen molar-refractivity contribution in [2.45, 2.75) is 26.2 Å². The number of alkyl halides is 1. The van der Waals surface area contributed by atoms with Gasteiger partial charge in [0.15, 0.2) is 0 Å². The van der Waals surface area contributed by atoms with Crippen LogP contribution in [-0.2, 0) is 0 Å². The topological polar surface area (TPSA) is 24.9 Å². The average Bonchev–Trinajstić information content (AvgIpc) is 2.29. The first-order chi connectivity index (χ1) is 7.76. The quantitative estimate of drug-likeness (QED) is 0.744. The van der Waals surface area contributed by atoms with Crippen LogP contribution in [-0.4, -0.2) is 17.4 Å². The second-order valence-corrected chi connectivity index (χ2v) is 4.69. The van der Waals surface area contributed by atoms with Crippen molar-refractivity contribution in [1.82, 2.24) is 4.98 Å². The molecule has 0 aliphatic rings. The fraction of sp³-hybridized carbons (Fsp3) is 0.583. The molecule has 0 spiro atoms. The van der Waals surface area contributed by atoms with Crippen LogP contribution in [0.1, 0.15) is 26.2 Å². The van der Waals surface area contributed by atoms with Crippen LogP contribution in [0, 0.1) is 5.92 Å². The van der Waals surface area contributed by atoms with Gasteiger partial charge in [-0.1, -0.05) is 24.9 Å². The SMILES string of the molecule is CCCC(CCCl)CNc1ccc(Cl)cn1. The van der Waals surface area contributed by atoms with Crippen molar-refractivity contribution in [3.63, 3.8) is 0 Å². The molecular weight excluding hydrogens is 243 g/mol. The molecule has 4 heteroatoms. The fourth-order valence-corrected chi connectivity index (χ4v) is 2.06. The number of halogens is 2. The fourth-order valence-electron chi connectivity index (χ4n) is 1.64. The van der Waals surface area contributed by atoms with Crippen LogP contribution >= 0.6 is 23.2 Å². The summed E-state index contributed by atoms with van der Waals surface area (Å²) in [7, 11) is 0. The summed E-state index contributed by atoms with van der Waals surface area (Å²) < 4.78 is 0. The van der Waals surface area contributed by atoms with Gasteiger partial charge in [0.05, 0.1) is 5.02 Å².